The molecule has 0 fully saturated rings. The summed E-state index contributed by atoms with van der Waals surface area (Å²) >= 11 is 6.13. The molecule has 0 spiro atoms. The normalized spacial score (nSPS) is 12.5. The Labute approximate surface area is 176 Å². The van der Waals surface area contributed by atoms with Gasteiger partial charge in [-0.25, -0.2) is 4.68 Å². The van der Waals surface area contributed by atoms with Crippen molar-refractivity contribution in [3.05, 3.63) is 88.8 Å². The van der Waals surface area contributed by atoms with Gasteiger partial charge in [0.2, 0.25) is 0 Å². The molecule has 7 nitrogen and oxygen atoms in total. The summed E-state index contributed by atoms with van der Waals surface area (Å²) in [5.41, 5.74) is 3.50. The van der Waals surface area contributed by atoms with Crippen molar-refractivity contribution in [2.45, 2.75) is 6.54 Å². The van der Waals surface area contributed by atoms with Crippen LogP contribution in [0.15, 0.2) is 71.3 Å². The second-order valence-corrected chi connectivity index (χ2v) is 7.23. The van der Waals surface area contributed by atoms with Crippen molar-refractivity contribution >= 4 is 29.1 Å². The predicted octanol–water partition coefficient (Wildman–Crippen LogP) is 4.28. The van der Waals surface area contributed by atoms with Crippen LogP contribution < -0.4 is 10.6 Å². The quantitative estimate of drug-likeness (QED) is 0.517. The van der Waals surface area contributed by atoms with Gasteiger partial charge in [-0.05, 0) is 48.0 Å². The number of carbonyl (C=O) groups is 2. The van der Waals surface area contributed by atoms with Gasteiger partial charge in [-0.2, -0.15) is 5.10 Å². The van der Waals surface area contributed by atoms with Gasteiger partial charge in [0, 0.05) is 28.9 Å². The molecule has 4 aromatic rings. The third-order valence-electron chi connectivity index (χ3n) is 4.82. The molecular weight excluding hydrogens is 404 g/mol. The fourth-order valence-electron chi connectivity index (χ4n) is 3.38. The van der Waals surface area contributed by atoms with Crippen LogP contribution in [0.2, 0.25) is 5.02 Å². The lowest BCUT2D eigenvalue weighted by atomic mass is 10.1. The highest BCUT2D eigenvalue weighted by Crippen LogP contribution is 2.27. The Morgan fingerprint density at radius 3 is 2.83 bits per heavy atom. The van der Waals surface area contributed by atoms with E-state index in [1.54, 1.807) is 59.5 Å². The minimum absolute atomic E-state index is 0.147. The largest absolute Gasteiger partial charge is 0.463 e. The molecule has 5 rings (SSSR count). The van der Waals surface area contributed by atoms with Gasteiger partial charge in [-0.1, -0.05) is 23.7 Å². The van der Waals surface area contributed by atoms with Crippen molar-refractivity contribution in [3.63, 3.8) is 0 Å². The third kappa shape index (κ3) is 3.25. The fourth-order valence-corrected chi connectivity index (χ4v) is 3.57. The molecule has 2 amide bonds. The minimum atomic E-state index is -0.401. The van der Waals surface area contributed by atoms with E-state index in [4.69, 9.17) is 16.0 Å². The maximum Gasteiger partial charge on any atom is 0.276 e. The molecule has 8 heteroatoms. The van der Waals surface area contributed by atoms with Gasteiger partial charge < -0.3 is 15.1 Å². The lowest BCUT2D eigenvalue weighted by Gasteiger charge is -2.06. The van der Waals surface area contributed by atoms with Crippen molar-refractivity contribution in [2.24, 2.45) is 0 Å². The van der Waals surface area contributed by atoms with Crippen LogP contribution in [-0.2, 0) is 6.54 Å². The number of furan rings is 1. The van der Waals surface area contributed by atoms with Crippen molar-refractivity contribution in [1.29, 1.82) is 0 Å². The van der Waals surface area contributed by atoms with Gasteiger partial charge in [0.1, 0.15) is 5.69 Å². The standard InChI is InChI=1S/C22H15ClN4O3/c23-14-3-1-4-16(9-14)27-19(20-5-2-8-30-20)11-18(26-27)22(29)25-15-7-6-13-12-24-21(28)17(13)10-15/h1-11H,12H2,(H,24,28)(H,25,29). The molecule has 1 aliphatic heterocycles. The Morgan fingerprint density at radius 1 is 1.13 bits per heavy atom. The average Bonchev–Trinajstić information content (AvgIpc) is 3.48. The molecule has 0 saturated heterocycles. The molecule has 0 aliphatic carbocycles. The van der Waals surface area contributed by atoms with Gasteiger partial charge in [0.15, 0.2) is 11.5 Å². The smallest absolute Gasteiger partial charge is 0.276 e. The Balaban J connectivity index is 1.50. The fraction of sp³-hybridized carbons (Fsp3) is 0.0455. The number of benzene rings is 2. The van der Waals surface area contributed by atoms with Gasteiger partial charge in [-0.15, -0.1) is 0 Å². The van der Waals surface area contributed by atoms with E-state index in [9.17, 15) is 9.59 Å². The average molecular weight is 419 g/mol. The molecule has 2 aromatic heterocycles. The van der Waals surface area contributed by atoms with E-state index in [0.717, 1.165) is 5.56 Å². The van der Waals surface area contributed by atoms with Crippen LogP contribution in [0.3, 0.4) is 0 Å². The maximum absolute atomic E-state index is 12.9. The second-order valence-electron chi connectivity index (χ2n) is 6.79. The van der Waals surface area contributed by atoms with E-state index in [1.165, 1.54) is 0 Å². The van der Waals surface area contributed by atoms with Crippen molar-refractivity contribution in [3.8, 4) is 17.1 Å². The number of hydrogen-bond acceptors (Lipinski definition) is 4. The zero-order valence-electron chi connectivity index (χ0n) is 15.6. The first-order chi connectivity index (χ1) is 14.6. The van der Waals surface area contributed by atoms with E-state index in [2.05, 4.69) is 15.7 Å². The zero-order valence-corrected chi connectivity index (χ0v) is 16.3. The molecule has 2 aromatic carbocycles. The number of nitrogens with zero attached hydrogens (tertiary/aromatic N) is 2. The van der Waals surface area contributed by atoms with Crippen LogP contribution in [-0.4, -0.2) is 21.6 Å². The Hall–Kier alpha value is -3.84. The number of aromatic nitrogens is 2. The topological polar surface area (TPSA) is 89.2 Å². The van der Waals surface area contributed by atoms with Crippen LogP contribution in [0.1, 0.15) is 26.4 Å². The molecule has 0 saturated carbocycles. The lowest BCUT2D eigenvalue weighted by Crippen LogP contribution is -2.14. The Bertz CT molecular complexity index is 1280. The monoisotopic (exact) mass is 418 g/mol. The van der Waals surface area contributed by atoms with Gasteiger partial charge in [-0.3, -0.25) is 9.59 Å². The van der Waals surface area contributed by atoms with Gasteiger partial charge >= 0.3 is 0 Å². The summed E-state index contributed by atoms with van der Waals surface area (Å²) in [6.45, 7) is 0.499. The summed E-state index contributed by atoms with van der Waals surface area (Å²) in [7, 11) is 0. The highest BCUT2D eigenvalue weighted by Gasteiger charge is 2.21. The number of anilines is 1. The first-order valence-electron chi connectivity index (χ1n) is 9.21. The molecule has 0 unspecified atom stereocenters. The molecule has 2 N–H and O–H groups in total. The summed E-state index contributed by atoms with van der Waals surface area (Å²) in [6.07, 6.45) is 1.56. The summed E-state index contributed by atoms with van der Waals surface area (Å²) < 4.78 is 7.12. The summed E-state index contributed by atoms with van der Waals surface area (Å²) in [5.74, 6) is 0.0177. The molecular formula is C22H15ClN4O3. The molecule has 0 atom stereocenters. The SMILES string of the molecule is O=C(Nc1ccc2c(c1)C(=O)NC2)c1cc(-c2ccco2)n(-c2cccc(Cl)c2)n1. The number of hydrogen-bond donors (Lipinski definition) is 2. The molecule has 30 heavy (non-hydrogen) atoms. The summed E-state index contributed by atoms with van der Waals surface area (Å²) in [4.78, 5) is 24.8. The third-order valence-corrected chi connectivity index (χ3v) is 5.06. The van der Waals surface area contributed by atoms with Crippen molar-refractivity contribution in [1.82, 2.24) is 15.1 Å². The number of amides is 2. The molecule has 3 heterocycles. The van der Waals surface area contributed by atoms with E-state index in [-0.39, 0.29) is 11.6 Å². The van der Waals surface area contributed by atoms with Crippen LogP contribution in [0.4, 0.5) is 5.69 Å². The van der Waals surface area contributed by atoms with Crippen molar-refractivity contribution in [2.75, 3.05) is 5.32 Å². The van der Waals surface area contributed by atoms with Crippen LogP contribution >= 0.6 is 11.6 Å². The minimum Gasteiger partial charge on any atom is -0.463 e. The second kappa shape index (κ2) is 7.20. The van der Waals surface area contributed by atoms with Gasteiger partial charge in [0.05, 0.1) is 12.0 Å². The van der Waals surface area contributed by atoms with E-state index in [1.807, 2.05) is 12.1 Å². The van der Waals surface area contributed by atoms with E-state index >= 15 is 0 Å². The zero-order chi connectivity index (χ0) is 20.7. The highest BCUT2D eigenvalue weighted by atomic mass is 35.5. The molecule has 0 radical (unpaired) electrons. The van der Waals surface area contributed by atoms with E-state index in [0.29, 0.717) is 40.0 Å². The Kier molecular flexibility index (Phi) is 4.37. The number of nitrogens with one attached hydrogen (secondary N) is 2. The molecule has 0 bridgehead atoms. The number of halogens is 1. The molecule has 148 valence electrons. The first kappa shape index (κ1) is 18.2. The predicted molar refractivity (Wildman–Crippen MR) is 112 cm³/mol. The number of rotatable bonds is 4. The number of fused-ring (bicyclic) bond motifs is 1. The lowest BCUT2D eigenvalue weighted by molar-refractivity contribution is 0.0964. The van der Waals surface area contributed by atoms with Crippen LogP contribution in [0, 0.1) is 0 Å². The Morgan fingerprint density at radius 2 is 2.03 bits per heavy atom. The number of carbonyl (C=O) groups excluding carboxylic acids is 2. The van der Waals surface area contributed by atoms with Gasteiger partial charge in [0.25, 0.3) is 11.8 Å². The van der Waals surface area contributed by atoms with Crippen molar-refractivity contribution < 1.29 is 14.0 Å². The van der Waals surface area contributed by atoms with Crippen LogP contribution in [0.25, 0.3) is 17.1 Å². The first-order valence-corrected chi connectivity index (χ1v) is 9.59. The highest BCUT2D eigenvalue weighted by molar-refractivity contribution is 6.30. The summed E-state index contributed by atoms with van der Waals surface area (Å²) in [5, 5.41) is 10.6. The van der Waals surface area contributed by atoms with Crippen LogP contribution in [0.5, 0.6) is 0 Å². The molecule has 1 aliphatic rings. The van der Waals surface area contributed by atoms with E-state index < -0.39 is 5.91 Å². The maximum atomic E-state index is 12.9. The summed E-state index contributed by atoms with van der Waals surface area (Å²) in [6, 6.07) is 17.6.